The molecule has 3 N–H and O–H groups in total. The summed E-state index contributed by atoms with van der Waals surface area (Å²) in [5.74, 6) is -0.822. The highest BCUT2D eigenvalue weighted by atomic mass is 31.2. The molecule has 0 aromatic carbocycles. The number of allylic oxidation sites excluding steroid dienone is 4. The maximum atomic E-state index is 12.7. The summed E-state index contributed by atoms with van der Waals surface area (Å²) in [6, 6.07) is 0. The number of phosphoric acid groups is 1. The van der Waals surface area contributed by atoms with Crippen LogP contribution in [0.3, 0.4) is 0 Å². The Kier molecular flexibility index (Phi) is 54.6. The van der Waals surface area contributed by atoms with Gasteiger partial charge in [0, 0.05) is 19.4 Å². The monoisotopic (exact) mass is 996 g/mol. The van der Waals surface area contributed by atoms with Gasteiger partial charge in [0.15, 0.2) is 6.10 Å². The van der Waals surface area contributed by atoms with E-state index >= 15 is 0 Å². The van der Waals surface area contributed by atoms with Gasteiger partial charge in [0.2, 0.25) is 0 Å². The zero-order valence-corrected chi connectivity index (χ0v) is 46.5. The Labute approximate surface area is 427 Å². The number of carbonyl (C=O) groups is 2. The number of esters is 2. The molecule has 0 radical (unpaired) electrons. The van der Waals surface area contributed by atoms with Crippen molar-refractivity contribution in [1.29, 1.82) is 0 Å². The lowest BCUT2D eigenvalue weighted by Crippen LogP contribution is -2.29. The van der Waals surface area contributed by atoms with Crippen LogP contribution in [-0.2, 0) is 32.7 Å². The van der Waals surface area contributed by atoms with Crippen LogP contribution in [0.1, 0.15) is 309 Å². The van der Waals surface area contributed by atoms with E-state index in [1.807, 2.05) is 0 Å². The first-order valence-electron chi connectivity index (χ1n) is 29.8. The molecule has 0 saturated heterocycles. The predicted molar refractivity (Wildman–Crippen MR) is 294 cm³/mol. The molecule has 0 spiro atoms. The van der Waals surface area contributed by atoms with Crippen molar-refractivity contribution in [2.24, 2.45) is 5.73 Å². The molecular weight excluding hydrogens is 882 g/mol. The van der Waals surface area contributed by atoms with Gasteiger partial charge < -0.3 is 20.1 Å². The topological polar surface area (TPSA) is 134 Å². The Balaban J connectivity index is 3.83. The van der Waals surface area contributed by atoms with Crippen LogP contribution < -0.4 is 5.73 Å². The second-order valence-electron chi connectivity index (χ2n) is 20.2. The molecule has 0 fully saturated rings. The van der Waals surface area contributed by atoms with Gasteiger partial charge in [-0.2, -0.15) is 0 Å². The molecule has 0 aromatic rings. The molecule has 0 aliphatic carbocycles. The lowest BCUT2D eigenvalue weighted by molar-refractivity contribution is -0.161. The van der Waals surface area contributed by atoms with Crippen LogP contribution >= 0.6 is 7.82 Å². The van der Waals surface area contributed by atoms with E-state index in [1.54, 1.807) is 0 Å². The van der Waals surface area contributed by atoms with Gasteiger partial charge in [-0.3, -0.25) is 18.6 Å². The number of unbranched alkanes of at least 4 members (excludes halogenated alkanes) is 40. The summed E-state index contributed by atoms with van der Waals surface area (Å²) in [6.07, 6.45) is 65.4. The lowest BCUT2D eigenvalue weighted by atomic mass is 10.0. The molecule has 2 unspecified atom stereocenters. The second kappa shape index (κ2) is 55.8. The van der Waals surface area contributed by atoms with Gasteiger partial charge >= 0.3 is 19.8 Å². The molecule has 10 heteroatoms. The SMILES string of the molecule is CCCCCCCC/C=C\CCCCCCCC(=O)OCC(COP(=O)(O)OCCN)OC(=O)CCCCCCCCCCCCCCCCCCCCCCC/C=C\CCCCCCCCCC. The molecule has 0 amide bonds. The van der Waals surface area contributed by atoms with Gasteiger partial charge in [-0.05, 0) is 64.2 Å². The number of ether oxygens (including phenoxy) is 2. The molecule has 408 valence electrons. The van der Waals surface area contributed by atoms with E-state index in [0.29, 0.717) is 6.42 Å². The molecule has 69 heavy (non-hydrogen) atoms. The van der Waals surface area contributed by atoms with Crippen molar-refractivity contribution < 1.29 is 37.6 Å². The first-order valence-corrected chi connectivity index (χ1v) is 31.3. The number of rotatable bonds is 57. The van der Waals surface area contributed by atoms with Gasteiger partial charge in [-0.15, -0.1) is 0 Å². The van der Waals surface area contributed by atoms with Crippen LogP contribution in [-0.4, -0.2) is 49.3 Å². The summed E-state index contributed by atoms with van der Waals surface area (Å²) < 4.78 is 33.0. The number of hydrogen-bond donors (Lipinski definition) is 2. The van der Waals surface area contributed by atoms with E-state index in [4.69, 9.17) is 24.3 Å². The molecule has 0 bridgehead atoms. The Bertz CT molecular complexity index is 1180. The molecule has 0 heterocycles. The van der Waals surface area contributed by atoms with Crippen LogP contribution in [0, 0.1) is 0 Å². The fourth-order valence-electron chi connectivity index (χ4n) is 8.86. The number of carbonyl (C=O) groups excluding carboxylic acids is 2. The normalized spacial score (nSPS) is 13.2. The van der Waals surface area contributed by atoms with E-state index in [2.05, 4.69) is 38.2 Å². The van der Waals surface area contributed by atoms with Crippen LogP contribution in [0.4, 0.5) is 0 Å². The summed E-state index contributed by atoms with van der Waals surface area (Å²) in [6.45, 7) is 3.77. The van der Waals surface area contributed by atoms with Crippen molar-refractivity contribution in [3.63, 3.8) is 0 Å². The first-order chi connectivity index (χ1) is 33.8. The first kappa shape index (κ1) is 67.5. The van der Waals surface area contributed by atoms with Gasteiger partial charge in [0.05, 0.1) is 13.2 Å². The van der Waals surface area contributed by atoms with Gasteiger partial charge in [0.25, 0.3) is 0 Å². The number of phosphoric ester groups is 1. The number of hydrogen-bond acceptors (Lipinski definition) is 8. The minimum Gasteiger partial charge on any atom is -0.462 e. The fraction of sp³-hybridized carbons (Fsp3) is 0.898. The largest absolute Gasteiger partial charge is 0.472 e. The van der Waals surface area contributed by atoms with Crippen molar-refractivity contribution in [2.45, 2.75) is 315 Å². The maximum absolute atomic E-state index is 12.7. The predicted octanol–water partition coefficient (Wildman–Crippen LogP) is 18.6. The zero-order valence-electron chi connectivity index (χ0n) is 45.6. The second-order valence-corrected chi connectivity index (χ2v) is 21.7. The minimum absolute atomic E-state index is 0.0547. The molecule has 0 aliphatic rings. The Hall–Kier alpha value is -1.51. The van der Waals surface area contributed by atoms with Crippen molar-refractivity contribution in [2.75, 3.05) is 26.4 Å². The summed E-state index contributed by atoms with van der Waals surface area (Å²) in [4.78, 5) is 35.1. The maximum Gasteiger partial charge on any atom is 0.472 e. The van der Waals surface area contributed by atoms with Crippen molar-refractivity contribution in [3.05, 3.63) is 24.3 Å². The van der Waals surface area contributed by atoms with Crippen molar-refractivity contribution in [3.8, 4) is 0 Å². The summed E-state index contributed by atoms with van der Waals surface area (Å²) >= 11 is 0. The van der Waals surface area contributed by atoms with E-state index in [9.17, 15) is 19.0 Å². The lowest BCUT2D eigenvalue weighted by Gasteiger charge is -2.19. The van der Waals surface area contributed by atoms with Gasteiger partial charge in [0.1, 0.15) is 6.61 Å². The fourth-order valence-corrected chi connectivity index (χ4v) is 9.63. The molecule has 2 atom stereocenters. The highest BCUT2D eigenvalue weighted by Crippen LogP contribution is 2.43. The Morgan fingerprint density at radius 3 is 1.03 bits per heavy atom. The number of nitrogens with two attached hydrogens (primary N) is 1. The molecule has 0 aliphatic heterocycles. The van der Waals surface area contributed by atoms with E-state index in [0.717, 1.165) is 51.4 Å². The zero-order chi connectivity index (χ0) is 50.2. The third kappa shape index (κ3) is 55.7. The molecule has 0 rings (SSSR count). The third-order valence-electron chi connectivity index (χ3n) is 13.3. The van der Waals surface area contributed by atoms with E-state index in [1.165, 1.54) is 225 Å². The van der Waals surface area contributed by atoms with E-state index in [-0.39, 0.29) is 38.6 Å². The van der Waals surface area contributed by atoms with E-state index < -0.39 is 26.5 Å². The van der Waals surface area contributed by atoms with Crippen LogP contribution in [0.5, 0.6) is 0 Å². The van der Waals surface area contributed by atoms with Gasteiger partial charge in [-0.25, -0.2) is 4.57 Å². The molecule has 0 saturated carbocycles. The highest BCUT2D eigenvalue weighted by Gasteiger charge is 2.26. The Morgan fingerprint density at radius 2 is 0.710 bits per heavy atom. The Morgan fingerprint density at radius 1 is 0.420 bits per heavy atom. The minimum atomic E-state index is -4.38. The molecular formula is C59H114NO8P. The molecule has 9 nitrogen and oxygen atoms in total. The summed E-state index contributed by atoms with van der Waals surface area (Å²) in [5.41, 5.74) is 5.38. The summed E-state index contributed by atoms with van der Waals surface area (Å²) in [5, 5.41) is 0. The highest BCUT2D eigenvalue weighted by molar-refractivity contribution is 7.47. The summed E-state index contributed by atoms with van der Waals surface area (Å²) in [7, 11) is -4.38. The van der Waals surface area contributed by atoms with Crippen molar-refractivity contribution in [1.82, 2.24) is 0 Å². The quantitative estimate of drug-likeness (QED) is 0.0264. The average molecular weight is 997 g/mol. The van der Waals surface area contributed by atoms with Crippen molar-refractivity contribution >= 4 is 19.8 Å². The average Bonchev–Trinajstić information content (AvgIpc) is 3.34. The van der Waals surface area contributed by atoms with Crippen LogP contribution in [0.25, 0.3) is 0 Å². The molecule has 0 aromatic heterocycles. The smallest absolute Gasteiger partial charge is 0.462 e. The standard InChI is InChI=1S/C59H114NO8P/c1-3-5-7-9-11-13-15-17-19-20-21-22-23-24-25-26-27-28-29-30-31-32-33-34-35-36-38-40-42-44-46-48-50-52-59(62)68-57(56-67-69(63,64)66-54-53-60)55-65-58(61)51-49-47-45-43-41-39-37-18-16-14-12-10-8-6-4-2/h18,20-21,37,57H,3-17,19,22-36,38-56,60H2,1-2H3,(H,63,64)/b21-20-,37-18-. The van der Waals surface area contributed by atoms with Gasteiger partial charge in [-0.1, -0.05) is 256 Å². The van der Waals surface area contributed by atoms with Crippen LogP contribution in [0.2, 0.25) is 0 Å². The third-order valence-corrected chi connectivity index (χ3v) is 14.3. The van der Waals surface area contributed by atoms with Crippen LogP contribution in [0.15, 0.2) is 24.3 Å².